The second-order valence-corrected chi connectivity index (χ2v) is 8.55. The second kappa shape index (κ2) is 11.2. The van der Waals surface area contributed by atoms with Gasteiger partial charge in [-0.25, -0.2) is 9.67 Å². The number of halogens is 4. The van der Waals surface area contributed by atoms with E-state index in [1.807, 2.05) is 37.4 Å². The van der Waals surface area contributed by atoms with Crippen LogP contribution in [0.2, 0.25) is 0 Å². The van der Waals surface area contributed by atoms with E-state index in [0.717, 1.165) is 16.8 Å². The lowest BCUT2D eigenvalue weighted by atomic mass is 10.1. The molecule has 10 heteroatoms. The molecule has 0 aliphatic heterocycles. The van der Waals surface area contributed by atoms with Crippen molar-refractivity contribution in [1.29, 1.82) is 0 Å². The van der Waals surface area contributed by atoms with Crippen molar-refractivity contribution in [3.05, 3.63) is 93.6 Å². The average Bonchev–Trinajstić information content (AvgIpc) is 3.22. The van der Waals surface area contributed by atoms with Crippen LogP contribution in [-0.4, -0.2) is 24.1 Å². The summed E-state index contributed by atoms with van der Waals surface area (Å²) in [4.78, 5) is 5.37. The molecule has 0 radical (unpaired) electrons. The van der Waals surface area contributed by atoms with Gasteiger partial charge in [-0.1, -0.05) is 17.7 Å². The number of ether oxygens (including phenoxy) is 2. The van der Waals surface area contributed by atoms with Gasteiger partial charge in [-0.3, -0.25) is 0 Å². The maximum absolute atomic E-state index is 12.5. The average molecular weight is 516 g/mol. The van der Waals surface area contributed by atoms with Crippen molar-refractivity contribution in [1.82, 2.24) is 4.68 Å². The van der Waals surface area contributed by atoms with Gasteiger partial charge in [-0.05, 0) is 79.6 Å². The minimum atomic E-state index is -2.91. The van der Waals surface area contributed by atoms with Gasteiger partial charge in [0.25, 0.3) is 0 Å². The molecule has 0 aliphatic carbocycles. The van der Waals surface area contributed by atoms with E-state index in [1.165, 1.54) is 35.6 Å². The fourth-order valence-corrected chi connectivity index (χ4v) is 4.24. The third kappa shape index (κ3) is 6.39. The fraction of sp³-hybridized carbons (Fsp3) is 0.154. The first-order chi connectivity index (χ1) is 17.3. The number of thiazole rings is 1. The van der Waals surface area contributed by atoms with Crippen molar-refractivity contribution in [2.45, 2.75) is 27.1 Å². The quantitative estimate of drug-likeness (QED) is 0.185. The summed E-state index contributed by atoms with van der Waals surface area (Å²) in [6.45, 7) is -1.84. The van der Waals surface area contributed by atoms with E-state index in [2.05, 4.69) is 14.6 Å². The van der Waals surface area contributed by atoms with E-state index in [9.17, 15) is 17.6 Å². The fourth-order valence-electron chi connectivity index (χ4n) is 3.39. The Hall–Kier alpha value is -3.92. The standard InChI is InChI=1S/C26H21F4N3O2S/c1-16-3-12-22(17(2)13-16)32-26-33(31-14-18-4-8-20(9-5-18)34-24(27)28)23(15-36-26)19-6-10-21(11-7-19)35-25(29)30/h3-15,24-25H,1-2H3/b31-14-,32-26?. The van der Waals surface area contributed by atoms with Gasteiger partial charge in [-0.2, -0.15) is 22.7 Å². The van der Waals surface area contributed by atoms with Crippen molar-refractivity contribution in [2.75, 3.05) is 0 Å². The predicted molar refractivity (Wildman–Crippen MR) is 132 cm³/mol. The molecule has 0 bridgehead atoms. The second-order valence-electron chi connectivity index (χ2n) is 7.71. The Balaban J connectivity index is 1.74. The van der Waals surface area contributed by atoms with E-state index in [-0.39, 0.29) is 11.5 Å². The lowest BCUT2D eigenvalue weighted by Gasteiger charge is -2.07. The molecular formula is C26H21F4N3O2S. The molecule has 0 fully saturated rings. The maximum Gasteiger partial charge on any atom is 0.387 e. The number of benzene rings is 3. The normalized spacial score (nSPS) is 12.2. The van der Waals surface area contributed by atoms with Crippen LogP contribution in [0.1, 0.15) is 16.7 Å². The summed E-state index contributed by atoms with van der Waals surface area (Å²) in [5.41, 5.74) is 4.96. The number of alkyl halides is 4. The van der Waals surface area contributed by atoms with E-state index in [4.69, 9.17) is 4.99 Å². The highest BCUT2D eigenvalue weighted by Gasteiger charge is 2.10. The minimum absolute atomic E-state index is 0.0441. The van der Waals surface area contributed by atoms with Gasteiger partial charge in [-0.15, -0.1) is 11.3 Å². The van der Waals surface area contributed by atoms with Gasteiger partial charge >= 0.3 is 13.2 Å². The molecule has 4 aromatic rings. The Labute approximate surface area is 208 Å². The number of hydrogen-bond acceptors (Lipinski definition) is 5. The Morgan fingerprint density at radius 3 is 2.03 bits per heavy atom. The molecule has 0 saturated carbocycles. The molecule has 1 aromatic heterocycles. The van der Waals surface area contributed by atoms with Crippen molar-refractivity contribution in [3.8, 4) is 22.8 Å². The van der Waals surface area contributed by atoms with Crippen LogP contribution in [0.3, 0.4) is 0 Å². The van der Waals surface area contributed by atoms with Crippen LogP contribution in [0.15, 0.2) is 82.2 Å². The Bertz CT molecular complexity index is 1410. The number of rotatable bonds is 8. The molecular weight excluding hydrogens is 494 g/mol. The van der Waals surface area contributed by atoms with Gasteiger partial charge in [0, 0.05) is 10.9 Å². The molecule has 3 aromatic carbocycles. The van der Waals surface area contributed by atoms with Gasteiger partial charge in [0.05, 0.1) is 17.6 Å². The molecule has 0 unspecified atom stereocenters. The summed E-state index contributed by atoms with van der Waals surface area (Å²) in [6, 6.07) is 18.2. The van der Waals surface area contributed by atoms with Crippen LogP contribution in [0.4, 0.5) is 23.2 Å². The maximum atomic E-state index is 12.5. The Morgan fingerprint density at radius 2 is 1.44 bits per heavy atom. The summed E-state index contributed by atoms with van der Waals surface area (Å²) in [6.07, 6.45) is 1.57. The van der Waals surface area contributed by atoms with Crippen LogP contribution < -0.4 is 14.3 Å². The molecule has 0 atom stereocenters. The first-order valence-electron chi connectivity index (χ1n) is 10.8. The topological polar surface area (TPSA) is 48.1 Å². The minimum Gasteiger partial charge on any atom is -0.435 e. The predicted octanol–water partition coefficient (Wildman–Crippen LogP) is 7.15. The zero-order valence-corrected chi connectivity index (χ0v) is 20.1. The number of aryl methyl sites for hydroxylation is 2. The van der Waals surface area contributed by atoms with Crippen LogP contribution >= 0.6 is 11.3 Å². The number of aromatic nitrogens is 1. The van der Waals surface area contributed by atoms with Crippen LogP contribution in [0.5, 0.6) is 11.5 Å². The van der Waals surface area contributed by atoms with E-state index >= 15 is 0 Å². The van der Waals surface area contributed by atoms with Crippen molar-refractivity contribution in [3.63, 3.8) is 0 Å². The van der Waals surface area contributed by atoms with E-state index in [1.54, 1.807) is 35.2 Å². The van der Waals surface area contributed by atoms with Gasteiger partial charge in [0.1, 0.15) is 11.5 Å². The monoisotopic (exact) mass is 515 g/mol. The highest BCUT2D eigenvalue weighted by Crippen LogP contribution is 2.25. The summed E-state index contributed by atoms with van der Waals surface area (Å²) in [7, 11) is 0. The lowest BCUT2D eigenvalue weighted by Crippen LogP contribution is -2.11. The van der Waals surface area contributed by atoms with Crippen molar-refractivity contribution in [2.24, 2.45) is 10.1 Å². The van der Waals surface area contributed by atoms with Crippen LogP contribution in [0, 0.1) is 13.8 Å². The summed E-state index contributed by atoms with van der Waals surface area (Å²) in [5, 5.41) is 6.45. The van der Waals surface area contributed by atoms with E-state index < -0.39 is 13.2 Å². The highest BCUT2D eigenvalue weighted by molar-refractivity contribution is 7.07. The zero-order chi connectivity index (χ0) is 25.7. The number of nitrogens with zero attached hydrogens (tertiary/aromatic N) is 3. The SMILES string of the molecule is Cc1ccc(N=c2scc(-c3ccc(OC(F)F)cc3)n2/N=C\c2ccc(OC(F)F)cc2)c(C)c1. The third-order valence-electron chi connectivity index (χ3n) is 5.06. The van der Waals surface area contributed by atoms with Crippen LogP contribution in [0.25, 0.3) is 11.3 Å². The summed E-state index contributed by atoms with van der Waals surface area (Å²) >= 11 is 1.37. The number of hydrogen-bond donors (Lipinski definition) is 0. The molecule has 0 spiro atoms. The Kier molecular flexibility index (Phi) is 7.84. The zero-order valence-electron chi connectivity index (χ0n) is 19.2. The molecule has 186 valence electrons. The van der Waals surface area contributed by atoms with Crippen molar-refractivity contribution >= 4 is 23.2 Å². The molecule has 36 heavy (non-hydrogen) atoms. The smallest absolute Gasteiger partial charge is 0.387 e. The molecule has 0 saturated heterocycles. The molecule has 4 rings (SSSR count). The first kappa shape index (κ1) is 25.2. The molecule has 0 aliphatic rings. The van der Waals surface area contributed by atoms with Gasteiger partial charge in [0.15, 0.2) is 0 Å². The lowest BCUT2D eigenvalue weighted by molar-refractivity contribution is -0.0505. The van der Waals surface area contributed by atoms with Crippen molar-refractivity contribution < 1.29 is 27.0 Å². The molecule has 5 nitrogen and oxygen atoms in total. The third-order valence-corrected chi connectivity index (χ3v) is 5.87. The van der Waals surface area contributed by atoms with E-state index in [0.29, 0.717) is 21.6 Å². The van der Waals surface area contributed by atoms with Crippen LogP contribution in [-0.2, 0) is 0 Å². The first-order valence-corrected chi connectivity index (χ1v) is 11.6. The largest absolute Gasteiger partial charge is 0.435 e. The Morgan fingerprint density at radius 1 is 0.833 bits per heavy atom. The summed E-state index contributed by atoms with van der Waals surface area (Å²) in [5.74, 6) is 0.0907. The highest BCUT2D eigenvalue weighted by atomic mass is 32.1. The van der Waals surface area contributed by atoms with Gasteiger partial charge in [0.2, 0.25) is 4.80 Å². The molecule has 1 heterocycles. The van der Waals surface area contributed by atoms with Gasteiger partial charge < -0.3 is 9.47 Å². The summed E-state index contributed by atoms with van der Waals surface area (Å²) < 4.78 is 60.3. The molecule has 0 N–H and O–H groups in total. The molecule has 0 amide bonds.